The van der Waals surface area contributed by atoms with E-state index in [1.165, 1.54) is 11.1 Å². The van der Waals surface area contributed by atoms with Crippen molar-refractivity contribution in [3.63, 3.8) is 0 Å². The molecule has 0 bridgehead atoms. The summed E-state index contributed by atoms with van der Waals surface area (Å²) < 4.78 is 0. The van der Waals surface area contributed by atoms with Gasteiger partial charge in [0.25, 0.3) is 0 Å². The van der Waals surface area contributed by atoms with Gasteiger partial charge in [-0.3, -0.25) is 9.88 Å². The summed E-state index contributed by atoms with van der Waals surface area (Å²) in [4.78, 5) is 12.9. The number of hydrogen-bond acceptors (Lipinski definition) is 6. The van der Waals surface area contributed by atoms with Crippen LogP contribution >= 0.6 is 0 Å². The van der Waals surface area contributed by atoms with Gasteiger partial charge in [-0.05, 0) is 31.0 Å². The molecule has 2 heterocycles. The van der Waals surface area contributed by atoms with Crippen LogP contribution in [0, 0.1) is 0 Å². The smallest absolute Gasteiger partial charge is 0.147 e. The summed E-state index contributed by atoms with van der Waals surface area (Å²) in [5.74, 6) is 0.900. The Morgan fingerprint density at radius 1 is 1.23 bits per heavy atom. The van der Waals surface area contributed by atoms with Crippen molar-refractivity contribution in [2.75, 3.05) is 38.2 Å². The molecule has 1 spiro atoms. The van der Waals surface area contributed by atoms with Crippen molar-refractivity contribution >= 4 is 5.82 Å². The first-order chi connectivity index (χ1) is 12.7. The van der Waals surface area contributed by atoms with E-state index in [1.807, 2.05) is 13.1 Å². The number of benzene rings is 1. The molecule has 1 aliphatic carbocycles. The van der Waals surface area contributed by atoms with Gasteiger partial charge < -0.3 is 15.1 Å². The number of rotatable bonds is 4. The normalized spacial score (nSPS) is 24.2. The number of likely N-dealkylation sites (N-methyl/N-ethyl adjacent to an activating group) is 1. The van der Waals surface area contributed by atoms with Gasteiger partial charge in [-0.1, -0.05) is 24.3 Å². The van der Waals surface area contributed by atoms with Gasteiger partial charge in [-0.2, -0.15) is 0 Å². The molecule has 2 N–H and O–H groups in total. The number of aliphatic hydroxyl groups excluding tert-OH is 2. The van der Waals surface area contributed by atoms with Crippen LogP contribution in [0.5, 0.6) is 0 Å². The predicted molar refractivity (Wildman–Crippen MR) is 100 cm³/mol. The second kappa shape index (κ2) is 6.95. The fraction of sp³-hybridized carbons (Fsp3) is 0.500. The Balaban J connectivity index is 1.63. The van der Waals surface area contributed by atoms with Crippen molar-refractivity contribution in [2.45, 2.75) is 30.4 Å². The summed E-state index contributed by atoms with van der Waals surface area (Å²) in [5.41, 5.74) is 2.23. The topological polar surface area (TPSA) is 72.7 Å². The first-order valence-electron chi connectivity index (χ1n) is 9.27. The summed E-state index contributed by atoms with van der Waals surface area (Å²) >= 11 is 0. The van der Waals surface area contributed by atoms with Gasteiger partial charge in [0.2, 0.25) is 0 Å². The minimum absolute atomic E-state index is 0.0681. The zero-order valence-corrected chi connectivity index (χ0v) is 15.1. The maximum atomic E-state index is 11.4. The zero-order valence-electron chi connectivity index (χ0n) is 15.1. The molecule has 1 fully saturated rings. The van der Waals surface area contributed by atoms with E-state index in [9.17, 15) is 10.2 Å². The molecule has 0 unspecified atom stereocenters. The summed E-state index contributed by atoms with van der Waals surface area (Å²) in [6.45, 7) is 2.34. The largest absolute Gasteiger partial charge is 0.395 e. The quantitative estimate of drug-likeness (QED) is 0.864. The van der Waals surface area contributed by atoms with Gasteiger partial charge in [0.1, 0.15) is 5.82 Å². The number of anilines is 1. The van der Waals surface area contributed by atoms with Crippen molar-refractivity contribution < 1.29 is 10.2 Å². The summed E-state index contributed by atoms with van der Waals surface area (Å²) in [6, 6.07) is 8.33. The van der Waals surface area contributed by atoms with Crippen LogP contribution in [0.1, 0.15) is 30.0 Å². The van der Waals surface area contributed by atoms with Crippen LogP contribution in [-0.4, -0.2) is 64.5 Å². The van der Waals surface area contributed by atoms with Crippen molar-refractivity contribution in [2.24, 2.45) is 0 Å². The molecule has 0 radical (unpaired) electrons. The second-order valence-corrected chi connectivity index (χ2v) is 7.39. The third-order valence-corrected chi connectivity index (χ3v) is 6.14. The summed E-state index contributed by atoms with van der Waals surface area (Å²) in [7, 11) is 1.98. The van der Waals surface area contributed by atoms with Crippen LogP contribution in [0.3, 0.4) is 0 Å². The molecule has 1 aliphatic heterocycles. The first-order valence-corrected chi connectivity index (χ1v) is 9.27. The minimum Gasteiger partial charge on any atom is -0.395 e. The molecule has 0 amide bonds. The van der Waals surface area contributed by atoms with Gasteiger partial charge in [0.05, 0.1) is 24.9 Å². The summed E-state index contributed by atoms with van der Waals surface area (Å²) in [5, 5.41) is 20.7. The Morgan fingerprint density at radius 2 is 2.00 bits per heavy atom. The Labute approximate surface area is 154 Å². The molecule has 2 atom stereocenters. The molecule has 0 saturated carbocycles. The number of fused-ring (bicyclic) bond motifs is 2. The SMILES string of the molecule is CN(CCO)[C@@H]1c2ccccc2C2(CCN(c3cnccn3)CC2)[C@H]1O. The standard InChI is InChI=1S/C20H26N4O2/c1-23(12-13-25)18-15-4-2-3-5-16(15)20(19(18)26)6-10-24(11-7-20)17-14-21-8-9-22-17/h2-5,8-9,14,18-19,25-26H,6-7,10-13H2,1H3/t18-,19+/m1/s1. The third kappa shape index (κ3) is 2.69. The van der Waals surface area contributed by atoms with E-state index < -0.39 is 6.10 Å². The van der Waals surface area contributed by atoms with E-state index in [4.69, 9.17) is 0 Å². The Hall–Kier alpha value is -2.02. The van der Waals surface area contributed by atoms with E-state index in [0.29, 0.717) is 6.54 Å². The average molecular weight is 354 g/mol. The van der Waals surface area contributed by atoms with Crippen LogP contribution in [0.25, 0.3) is 0 Å². The van der Waals surface area contributed by atoms with Gasteiger partial charge in [-0.15, -0.1) is 0 Å². The van der Waals surface area contributed by atoms with E-state index in [1.54, 1.807) is 18.6 Å². The lowest BCUT2D eigenvalue weighted by atomic mass is 9.72. The fourth-order valence-corrected chi connectivity index (χ4v) is 4.77. The predicted octanol–water partition coefficient (Wildman–Crippen LogP) is 1.35. The van der Waals surface area contributed by atoms with Gasteiger partial charge in [0.15, 0.2) is 0 Å². The van der Waals surface area contributed by atoms with E-state index >= 15 is 0 Å². The maximum Gasteiger partial charge on any atom is 0.147 e. The molecule has 1 saturated heterocycles. The molecule has 4 rings (SSSR count). The monoisotopic (exact) mass is 354 g/mol. The molecule has 138 valence electrons. The molecule has 1 aromatic carbocycles. The Morgan fingerprint density at radius 3 is 2.69 bits per heavy atom. The lowest BCUT2D eigenvalue weighted by Crippen LogP contribution is -2.50. The van der Waals surface area contributed by atoms with Crippen LogP contribution in [-0.2, 0) is 5.41 Å². The second-order valence-electron chi connectivity index (χ2n) is 7.39. The number of hydrogen-bond donors (Lipinski definition) is 2. The maximum absolute atomic E-state index is 11.4. The number of nitrogens with zero attached hydrogens (tertiary/aromatic N) is 4. The van der Waals surface area contributed by atoms with E-state index in [-0.39, 0.29) is 18.1 Å². The van der Waals surface area contributed by atoms with Crippen molar-refractivity contribution in [3.05, 3.63) is 54.0 Å². The van der Waals surface area contributed by atoms with Gasteiger partial charge in [-0.25, -0.2) is 4.98 Å². The van der Waals surface area contributed by atoms with E-state index in [0.717, 1.165) is 31.7 Å². The highest BCUT2D eigenvalue weighted by molar-refractivity contribution is 5.47. The van der Waals surface area contributed by atoms with Crippen LogP contribution in [0.15, 0.2) is 42.9 Å². The zero-order chi connectivity index (χ0) is 18.1. The van der Waals surface area contributed by atoms with Gasteiger partial charge >= 0.3 is 0 Å². The molecule has 6 heteroatoms. The van der Waals surface area contributed by atoms with Gasteiger partial charge in [0, 0.05) is 37.4 Å². The van der Waals surface area contributed by atoms with Crippen LogP contribution < -0.4 is 4.90 Å². The first kappa shape index (κ1) is 17.4. The fourth-order valence-electron chi connectivity index (χ4n) is 4.77. The minimum atomic E-state index is -0.472. The summed E-state index contributed by atoms with van der Waals surface area (Å²) in [6.07, 6.45) is 6.50. The molecule has 2 aromatic rings. The molecule has 1 aromatic heterocycles. The molecule has 26 heavy (non-hydrogen) atoms. The van der Waals surface area contributed by atoms with Crippen molar-refractivity contribution in [1.82, 2.24) is 14.9 Å². The lowest BCUT2D eigenvalue weighted by Gasteiger charge is -2.43. The van der Waals surface area contributed by atoms with Crippen LogP contribution in [0.2, 0.25) is 0 Å². The van der Waals surface area contributed by atoms with Crippen LogP contribution in [0.4, 0.5) is 5.82 Å². The highest BCUT2D eigenvalue weighted by Crippen LogP contribution is 2.52. The lowest BCUT2D eigenvalue weighted by molar-refractivity contribution is 0.00488. The molecular formula is C20H26N4O2. The molecular weight excluding hydrogens is 328 g/mol. The highest BCUT2D eigenvalue weighted by atomic mass is 16.3. The molecule has 6 nitrogen and oxygen atoms in total. The molecule has 2 aliphatic rings. The highest BCUT2D eigenvalue weighted by Gasteiger charge is 2.53. The number of aromatic nitrogens is 2. The Kier molecular flexibility index (Phi) is 4.65. The average Bonchev–Trinajstić information content (AvgIpc) is 2.92. The van der Waals surface area contributed by atoms with E-state index in [2.05, 4.69) is 38.0 Å². The number of piperidine rings is 1. The van der Waals surface area contributed by atoms with Crippen molar-refractivity contribution in [3.8, 4) is 0 Å². The number of aliphatic hydroxyl groups is 2. The van der Waals surface area contributed by atoms with Crippen molar-refractivity contribution in [1.29, 1.82) is 0 Å². The third-order valence-electron chi connectivity index (χ3n) is 6.14. The Bertz CT molecular complexity index is 746.